The van der Waals surface area contributed by atoms with Gasteiger partial charge in [0.1, 0.15) is 28.1 Å². The summed E-state index contributed by atoms with van der Waals surface area (Å²) in [4.78, 5) is 14.1. The number of hydrogen-bond donors (Lipinski definition) is 2. The molecule has 0 unspecified atom stereocenters. The normalized spacial score (nSPS) is 17.5. The van der Waals surface area contributed by atoms with Crippen molar-refractivity contribution in [2.24, 2.45) is 0 Å². The van der Waals surface area contributed by atoms with E-state index in [-0.39, 0.29) is 21.7 Å². The summed E-state index contributed by atoms with van der Waals surface area (Å²) in [6.45, 7) is 1.51. The van der Waals surface area contributed by atoms with Gasteiger partial charge in [0.15, 0.2) is 5.82 Å². The van der Waals surface area contributed by atoms with Crippen LogP contribution in [0.25, 0.3) is 11.0 Å². The number of nitrogens with zero attached hydrogens (tertiary/aromatic N) is 3. The molecule has 3 N–H and O–H groups in total. The van der Waals surface area contributed by atoms with Gasteiger partial charge in [0.25, 0.3) is 0 Å². The number of ether oxygens (including phenoxy) is 1. The van der Waals surface area contributed by atoms with Crippen molar-refractivity contribution in [1.29, 1.82) is 0 Å². The number of anilines is 2. The van der Waals surface area contributed by atoms with Crippen molar-refractivity contribution in [2.75, 3.05) is 30.9 Å². The second-order valence-corrected chi connectivity index (χ2v) is 8.76. The Balaban J connectivity index is 1.82. The van der Waals surface area contributed by atoms with Crippen LogP contribution in [0.4, 0.5) is 11.6 Å². The quantitative estimate of drug-likeness (QED) is 0.652. The molecule has 9 heteroatoms. The van der Waals surface area contributed by atoms with Gasteiger partial charge in [-0.05, 0) is 31.4 Å². The molecule has 0 bridgehead atoms. The van der Waals surface area contributed by atoms with Crippen LogP contribution in [0, 0.1) is 0 Å². The van der Waals surface area contributed by atoms with Gasteiger partial charge in [0, 0.05) is 26.3 Å². The minimum absolute atomic E-state index is 0.00462. The standard InChI is InChI=1S/C19H23N5O3S/c1-27-11-9-13-6-5-10-24(13)19-16-15(21-12-22-19)17(18(20)23-16)28(25,26)14-7-3-2-4-8-14/h2-4,7-8,12-13,23H,5-6,9-11,20H2,1H3/t13-/m1/s1. The van der Waals surface area contributed by atoms with Crippen molar-refractivity contribution in [2.45, 2.75) is 35.1 Å². The Kier molecular flexibility index (Phi) is 4.94. The number of methoxy groups -OCH3 is 1. The van der Waals surface area contributed by atoms with Crippen molar-refractivity contribution in [1.82, 2.24) is 15.0 Å². The van der Waals surface area contributed by atoms with Gasteiger partial charge in [-0.15, -0.1) is 0 Å². The van der Waals surface area contributed by atoms with E-state index in [0.717, 1.165) is 25.8 Å². The SMILES string of the molecule is COCC[C@H]1CCCN1c1ncnc2c(S(=O)(=O)c3ccccc3)c(N)[nH]c12. The van der Waals surface area contributed by atoms with Gasteiger partial charge in [-0.3, -0.25) is 0 Å². The smallest absolute Gasteiger partial charge is 0.212 e. The first-order valence-electron chi connectivity index (χ1n) is 9.22. The van der Waals surface area contributed by atoms with E-state index in [4.69, 9.17) is 10.5 Å². The highest BCUT2D eigenvalue weighted by Crippen LogP contribution is 2.37. The third-order valence-corrected chi connectivity index (χ3v) is 7.02. The molecule has 4 rings (SSSR count). The zero-order valence-electron chi connectivity index (χ0n) is 15.6. The average molecular weight is 401 g/mol. The van der Waals surface area contributed by atoms with E-state index in [1.165, 1.54) is 6.33 Å². The van der Waals surface area contributed by atoms with E-state index >= 15 is 0 Å². The number of nitrogens with two attached hydrogens (primary N) is 1. The lowest BCUT2D eigenvalue weighted by atomic mass is 10.1. The van der Waals surface area contributed by atoms with Gasteiger partial charge in [-0.2, -0.15) is 0 Å². The van der Waals surface area contributed by atoms with E-state index in [1.54, 1.807) is 37.4 Å². The van der Waals surface area contributed by atoms with Gasteiger partial charge in [0.05, 0.1) is 4.90 Å². The summed E-state index contributed by atoms with van der Waals surface area (Å²) >= 11 is 0. The molecule has 0 aliphatic carbocycles. The number of aromatic amines is 1. The molecule has 3 aromatic rings. The fourth-order valence-corrected chi connectivity index (χ4v) is 5.36. The summed E-state index contributed by atoms with van der Waals surface area (Å²) in [6, 6.07) is 8.53. The molecule has 148 valence electrons. The van der Waals surface area contributed by atoms with Crippen LogP contribution in [0.3, 0.4) is 0 Å². The number of H-pyrrole nitrogens is 1. The molecule has 0 amide bonds. The number of aromatic nitrogens is 3. The summed E-state index contributed by atoms with van der Waals surface area (Å²) in [7, 11) is -2.12. The van der Waals surface area contributed by atoms with Crippen molar-refractivity contribution in [3.8, 4) is 0 Å². The number of nitrogens with one attached hydrogen (secondary N) is 1. The molecule has 0 radical (unpaired) electrons. The zero-order valence-corrected chi connectivity index (χ0v) is 16.4. The van der Waals surface area contributed by atoms with Crippen LogP contribution in [0.1, 0.15) is 19.3 Å². The molecule has 1 atom stereocenters. The second-order valence-electron chi connectivity index (χ2n) is 6.88. The number of rotatable bonds is 6. The minimum atomic E-state index is -3.81. The molecular formula is C19H23N5O3S. The van der Waals surface area contributed by atoms with Gasteiger partial charge in [-0.25, -0.2) is 18.4 Å². The van der Waals surface area contributed by atoms with Crippen LogP contribution < -0.4 is 10.6 Å². The molecular weight excluding hydrogens is 378 g/mol. The predicted molar refractivity (Wildman–Crippen MR) is 107 cm³/mol. The van der Waals surface area contributed by atoms with Crippen molar-refractivity contribution in [3.63, 3.8) is 0 Å². The molecule has 1 fully saturated rings. The Morgan fingerprint density at radius 1 is 1.29 bits per heavy atom. The largest absolute Gasteiger partial charge is 0.385 e. The lowest BCUT2D eigenvalue weighted by molar-refractivity contribution is 0.188. The first kappa shape index (κ1) is 18.7. The van der Waals surface area contributed by atoms with Gasteiger partial charge in [-0.1, -0.05) is 18.2 Å². The third-order valence-electron chi connectivity index (χ3n) is 5.17. The molecule has 3 heterocycles. The maximum atomic E-state index is 13.2. The molecule has 8 nitrogen and oxygen atoms in total. The van der Waals surface area contributed by atoms with Crippen molar-refractivity contribution < 1.29 is 13.2 Å². The summed E-state index contributed by atoms with van der Waals surface area (Å²) in [5.74, 6) is 0.762. The molecule has 0 saturated carbocycles. The maximum absolute atomic E-state index is 13.2. The van der Waals surface area contributed by atoms with Gasteiger partial charge >= 0.3 is 0 Å². The zero-order chi connectivity index (χ0) is 19.7. The number of sulfone groups is 1. The first-order valence-corrected chi connectivity index (χ1v) is 10.7. The van der Waals surface area contributed by atoms with Crippen LogP contribution in [-0.4, -0.2) is 49.7 Å². The Hall–Kier alpha value is -2.65. The highest BCUT2D eigenvalue weighted by Gasteiger charge is 2.31. The number of fused-ring (bicyclic) bond motifs is 1. The number of nitrogen functional groups attached to an aromatic ring is 1. The Labute approximate surface area is 163 Å². The Morgan fingerprint density at radius 3 is 2.82 bits per heavy atom. The summed E-state index contributed by atoms with van der Waals surface area (Å²) in [6.07, 6.45) is 4.37. The average Bonchev–Trinajstić information content (AvgIpc) is 3.30. The Morgan fingerprint density at radius 2 is 2.07 bits per heavy atom. The molecule has 1 aromatic carbocycles. The van der Waals surface area contributed by atoms with E-state index in [1.807, 2.05) is 0 Å². The van der Waals surface area contributed by atoms with Crippen LogP contribution in [0.15, 0.2) is 46.5 Å². The number of hydrogen-bond acceptors (Lipinski definition) is 7. The number of benzene rings is 1. The molecule has 0 spiro atoms. The van der Waals surface area contributed by atoms with Gasteiger partial charge < -0.3 is 20.4 Å². The topological polar surface area (TPSA) is 114 Å². The molecule has 1 aliphatic rings. The maximum Gasteiger partial charge on any atom is 0.212 e. The molecule has 2 aromatic heterocycles. The van der Waals surface area contributed by atoms with Crippen LogP contribution >= 0.6 is 0 Å². The van der Waals surface area contributed by atoms with Crippen LogP contribution in [0.2, 0.25) is 0 Å². The van der Waals surface area contributed by atoms with Gasteiger partial charge in [0.2, 0.25) is 9.84 Å². The van der Waals surface area contributed by atoms with Crippen LogP contribution in [0.5, 0.6) is 0 Å². The monoisotopic (exact) mass is 401 g/mol. The highest BCUT2D eigenvalue weighted by atomic mass is 32.2. The lowest BCUT2D eigenvalue weighted by Gasteiger charge is -2.25. The second kappa shape index (κ2) is 7.40. The van der Waals surface area contributed by atoms with Crippen molar-refractivity contribution >= 4 is 32.5 Å². The molecule has 1 aliphatic heterocycles. The van der Waals surface area contributed by atoms with E-state index in [0.29, 0.717) is 23.5 Å². The lowest BCUT2D eigenvalue weighted by Crippen LogP contribution is -2.31. The highest BCUT2D eigenvalue weighted by molar-refractivity contribution is 7.92. The van der Waals surface area contributed by atoms with Crippen LogP contribution in [-0.2, 0) is 14.6 Å². The van der Waals surface area contributed by atoms with E-state index in [2.05, 4.69) is 19.9 Å². The van der Waals surface area contributed by atoms with E-state index in [9.17, 15) is 8.42 Å². The fraction of sp³-hybridized carbons (Fsp3) is 0.368. The van der Waals surface area contributed by atoms with Crippen molar-refractivity contribution in [3.05, 3.63) is 36.7 Å². The predicted octanol–water partition coefficient (Wildman–Crippen LogP) is 2.38. The molecule has 1 saturated heterocycles. The summed E-state index contributed by atoms with van der Waals surface area (Å²) < 4.78 is 31.6. The van der Waals surface area contributed by atoms with E-state index < -0.39 is 9.84 Å². The first-order chi connectivity index (χ1) is 13.5. The fourth-order valence-electron chi connectivity index (χ4n) is 3.86. The minimum Gasteiger partial charge on any atom is -0.385 e. The summed E-state index contributed by atoms with van der Waals surface area (Å²) in [5.41, 5.74) is 7.00. The summed E-state index contributed by atoms with van der Waals surface area (Å²) in [5, 5.41) is 0. The Bertz CT molecular complexity index is 1080. The third kappa shape index (κ3) is 3.10. The molecule has 28 heavy (non-hydrogen) atoms.